The maximum Gasteiger partial charge on any atom is 0.229 e. The molecule has 0 heterocycles. The normalized spacial score (nSPS) is 14.4. The van der Waals surface area contributed by atoms with Crippen LogP contribution in [0.2, 0.25) is 0 Å². The topological polar surface area (TPSA) is 37.3 Å². The fourth-order valence-corrected chi connectivity index (χ4v) is 4.66. The van der Waals surface area contributed by atoms with Crippen LogP contribution in [-0.4, -0.2) is 11.1 Å². The lowest BCUT2D eigenvalue weighted by Crippen LogP contribution is -2.14. The highest BCUT2D eigenvalue weighted by Crippen LogP contribution is 2.40. The third-order valence-corrected chi connectivity index (χ3v) is 6.98. The van der Waals surface area contributed by atoms with E-state index in [0.717, 1.165) is 12.8 Å². The van der Waals surface area contributed by atoms with E-state index in [1.807, 2.05) is 24.3 Å². The highest BCUT2D eigenvalue weighted by Gasteiger charge is 2.21. The molecule has 0 aliphatic heterocycles. The SMILES string of the molecule is CCCCCCCCCCCCP(=O)(O)c1ccc(C(C)(C)C)cc1. The van der Waals surface area contributed by atoms with Crippen molar-refractivity contribution in [3.8, 4) is 0 Å². The molecule has 144 valence electrons. The average Bonchev–Trinajstić information content (AvgIpc) is 2.56. The second-order valence-corrected chi connectivity index (χ2v) is 10.8. The standard InChI is InChI=1S/C22H39O2P/c1-5-6-7-8-9-10-11-12-13-14-19-25(23,24)21-17-15-20(16-18-21)22(2,3)4/h15-18H,5-14,19H2,1-4H3,(H,23,24). The minimum Gasteiger partial charge on any atom is -0.341 e. The van der Waals surface area contributed by atoms with Crippen molar-refractivity contribution in [2.45, 2.75) is 97.3 Å². The van der Waals surface area contributed by atoms with Crippen LogP contribution in [0.15, 0.2) is 24.3 Å². The van der Waals surface area contributed by atoms with Gasteiger partial charge in [0.15, 0.2) is 0 Å². The molecule has 2 nitrogen and oxygen atoms in total. The predicted octanol–water partition coefficient (Wildman–Crippen LogP) is 6.80. The number of unbranched alkanes of at least 4 members (excludes halogenated alkanes) is 9. The van der Waals surface area contributed by atoms with Gasteiger partial charge in [0.05, 0.1) is 0 Å². The number of hydrogen-bond acceptors (Lipinski definition) is 1. The van der Waals surface area contributed by atoms with E-state index in [0.29, 0.717) is 11.5 Å². The fraction of sp³-hybridized carbons (Fsp3) is 0.727. The summed E-state index contributed by atoms with van der Waals surface area (Å²) in [5, 5.41) is 0.608. The molecule has 25 heavy (non-hydrogen) atoms. The summed E-state index contributed by atoms with van der Waals surface area (Å²) in [7, 11) is -3.19. The van der Waals surface area contributed by atoms with Crippen molar-refractivity contribution in [1.82, 2.24) is 0 Å². The van der Waals surface area contributed by atoms with E-state index in [4.69, 9.17) is 0 Å². The molecule has 0 spiro atoms. The first-order chi connectivity index (χ1) is 11.8. The summed E-state index contributed by atoms with van der Waals surface area (Å²) in [4.78, 5) is 10.4. The molecule has 0 saturated carbocycles. The minimum absolute atomic E-state index is 0.0779. The summed E-state index contributed by atoms with van der Waals surface area (Å²) in [6.07, 6.45) is 12.9. The molecule has 0 aromatic heterocycles. The average molecular weight is 367 g/mol. The van der Waals surface area contributed by atoms with Crippen LogP contribution in [0.5, 0.6) is 0 Å². The molecule has 1 N–H and O–H groups in total. The van der Waals surface area contributed by atoms with E-state index >= 15 is 0 Å². The Morgan fingerprint density at radius 1 is 0.800 bits per heavy atom. The van der Waals surface area contributed by atoms with E-state index in [2.05, 4.69) is 27.7 Å². The summed E-state index contributed by atoms with van der Waals surface area (Å²) in [5.41, 5.74) is 1.28. The molecule has 3 heteroatoms. The molecule has 1 unspecified atom stereocenters. The van der Waals surface area contributed by atoms with E-state index in [1.54, 1.807) is 0 Å². The van der Waals surface area contributed by atoms with Crippen molar-refractivity contribution in [2.24, 2.45) is 0 Å². The molecule has 1 aromatic rings. The van der Waals surface area contributed by atoms with Gasteiger partial charge in [-0.1, -0.05) is 97.6 Å². The second-order valence-electron chi connectivity index (χ2n) is 8.40. The Kier molecular flexibility index (Phi) is 10.1. The fourth-order valence-electron chi connectivity index (χ4n) is 3.14. The summed E-state index contributed by atoms with van der Waals surface area (Å²) in [6.45, 7) is 8.72. The quantitative estimate of drug-likeness (QED) is 0.326. The maximum atomic E-state index is 12.6. The highest BCUT2D eigenvalue weighted by molar-refractivity contribution is 7.66. The Bertz CT molecular complexity index is 514. The second kappa shape index (κ2) is 11.2. The van der Waals surface area contributed by atoms with E-state index in [1.165, 1.54) is 56.9 Å². The first kappa shape index (κ1) is 22.5. The summed E-state index contributed by atoms with van der Waals surface area (Å²) < 4.78 is 12.6. The predicted molar refractivity (Wildman–Crippen MR) is 111 cm³/mol. The highest BCUT2D eigenvalue weighted by atomic mass is 31.2. The lowest BCUT2D eigenvalue weighted by Gasteiger charge is -2.20. The molecule has 0 aliphatic carbocycles. The van der Waals surface area contributed by atoms with Crippen LogP contribution < -0.4 is 5.30 Å². The zero-order chi connectivity index (χ0) is 18.8. The maximum absolute atomic E-state index is 12.6. The lowest BCUT2D eigenvalue weighted by molar-refractivity contribution is 0.485. The van der Waals surface area contributed by atoms with Crippen LogP contribution in [0.4, 0.5) is 0 Å². The van der Waals surface area contributed by atoms with Crippen molar-refractivity contribution in [2.75, 3.05) is 6.16 Å². The van der Waals surface area contributed by atoms with E-state index in [9.17, 15) is 9.46 Å². The van der Waals surface area contributed by atoms with Crippen molar-refractivity contribution < 1.29 is 9.46 Å². The third-order valence-electron chi connectivity index (χ3n) is 4.95. The van der Waals surface area contributed by atoms with Gasteiger partial charge in [-0.15, -0.1) is 0 Å². The van der Waals surface area contributed by atoms with Crippen LogP contribution >= 0.6 is 7.37 Å². The Balaban J connectivity index is 2.24. The molecular formula is C22H39O2P. The Labute approximate surface area is 155 Å². The van der Waals surface area contributed by atoms with Gasteiger partial charge in [-0.05, 0) is 29.5 Å². The summed E-state index contributed by atoms with van der Waals surface area (Å²) in [5.74, 6) is 0. The lowest BCUT2D eigenvalue weighted by atomic mass is 9.87. The zero-order valence-electron chi connectivity index (χ0n) is 16.9. The van der Waals surface area contributed by atoms with Crippen LogP contribution in [0.3, 0.4) is 0 Å². The molecular weight excluding hydrogens is 327 g/mol. The van der Waals surface area contributed by atoms with Gasteiger partial charge < -0.3 is 4.89 Å². The Morgan fingerprint density at radius 3 is 1.68 bits per heavy atom. The number of rotatable bonds is 12. The van der Waals surface area contributed by atoms with Gasteiger partial charge in [-0.25, -0.2) is 0 Å². The number of hydrogen-bond donors (Lipinski definition) is 1. The Hall–Kier alpha value is -0.590. The van der Waals surface area contributed by atoms with Crippen LogP contribution in [0.25, 0.3) is 0 Å². The minimum atomic E-state index is -3.19. The van der Waals surface area contributed by atoms with Gasteiger partial charge in [0.1, 0.15) is 0 Å². The van der Waals surface area contributed by atoms with Crippen molar-refractivity contribution >= 4 is 12.7 Å². The monoisotopic (exact) mass is 366 g/mol. The molecule has 0 bridgehead atoms. The Morgan fingerprint density at radius 2 is 1.24 bits per heavy atom. The van der Waals surface area contributed by atoms with E-state index < -0.39 is 7.37 Å². The number of benzene rings is 1. The van der Waals surface area contributed by atoms with E-state index in [-0.39, 0.29) is 5.41 Å². The molecule has 0 aliphatic rings. The molecule has 0 saturated heterocycles. The molecule has 1 aromatic carbocycles. The van der Waals surface area contributed by atoms with Crippen LogP contribution in [-0.2, 0) is 9.98 Å². The van der Waals surface area contributed by atoms with Gasteiger partial charge in [0.2, 0.25) is 7.37 Å². The van der Waals surface area contributed by atoms with Gasteiger partial charge in [0, 0.05) is 11.5 Å². The van der Waals surface area contributed by atoms with Crippen LogP contribution in [0.1, 0.15) is 97.5 Å². The smallest absolute Gasteiger partial charge is 0.229 e. The van der Waals surface area contributed by atoms with Crippen molar-refractivity contribution in [1.29, 1.82) is 0 Å². The van der Waals surface area contributed by atoms with Gasteiger partial charge >= 0.3 is 0 Å². The molecule has 1 rings (SSSR count). The molecule has 0 radical (unpaired) electrons. The molecule has 0 amide bonds. The largest absolute Gasteiger partial charge is 0.341 e. The van der Waals surface area contributed by atoms with Crippen LogP contribution in [0, 0.1) is 0 Å². The molecule has 1 atom stereocenters. The van der Waals surface area contributed by atoms with Gasteiger partial charge in [0.25, 0.3) is 0 Å². The summed E-state index contributed by atoms with van der Waals surface area (Å²) >= 11 is 0. The van der Waals surface area contributed by atoms with Crippen molar-refractivity contribution in [3.05, 3.63) is 29.8 Å². The van der Waals surface area contributed by atoms with Gasteiger partial charge in [-0.3, -0.25) is 4.57 Å². The molecule has 0 fully saturated rings. The third kappa shape index (κ3) is 9.06. The summed E-state index contributed by atoms with van der Waals surface area (Å²) in [6, 6.07) is 7.68. The van der Waals surface area contributed by atoms with Crippen molar-refractivity contribution in [3.63, 3.8) is 0 Å². The zero-order valence-corrected chi connectivity index (χ0v) is 17.8. The first-order valence-electron chi connectivity index (χ1n) is 10.2. The first-order valence-corrected chi connectivity index (χ1v) is 12.0. The van der Waals surface area contributed by atoms with Gasteiger partial charge in [-0.2, -0.15) is 0 Å².